The second-order valence-corrected chi connectivity index (χ2v) is 7.88. The van der Waals surface area contributed by atoms with Gasteiger partial charge in [0.15, 0.2) is 0 Å². The third kappa shape index (κ3) is 4.59. The molecule has 0 spiro atoms. The predicted octanol–water partition coefficient (Wildman–Crippen LogP) is 3.04. The Hall–Kier alpha value is -2.86. The quantitative estimate of drug-likeness (QED) is 0.581. The molecule has 0 atom stereocenters. The number of para-hydroxylation sites is 1. The smallest absolute Gasteiger partial charge is 0.387 e. The second kappa shape index (κ2) is 7.87. The van der Waals surface area contributed by atoms with Crippen LogP contribution >= 0.6 is 11.6 Å². The van der Waals surface area contributed by atoms with E-state index in [1.165, 1.54) is 38.1 Å². The van der Waals surface area contributed by atoms with E-state index in [1.807, 2.05) is 0 Å². The van der Waals surface area contributed by atoms with Crippen molar-refractivity contribution in [3.8, 4) is 11.7 Å². The van der Waals surface area contributed by atoms with Crippen molar-refractivity contribution in [2.24, 2.45) is 0 Å². The monoisotopic (exact) mass is 444 g/mol. The molecule has 13 heteroatoms. The highest BCUT2D eigenvalue weighted by molar-refractivity contribution is 7.92. The number of hydrogen-bond acceptors (Lipinski definition) is 7. The van der Waals surface area contributed by atoms with Crippen molar-refractivity contribution < 1.29 is 21.9 Å². The fourth-order valence-electron chi connectivity index (χ4n) is 2.43. The molecule has 0 unspecified atom stereocenters. The van der Waals surface area contributed by atoms with Gasteiger partial charge in [0.2, 0.25) is 0 Å². The molecule has 0 aliphatic carbocycles. The summed E-state index contributed by atoms with van der Waals surface area (Å²) in [5.74, 6) is -0.103. The van der Waals surface area contributed by atoms with Crippen LogP contribution in [0.25, 0.3) is 5.95 Å². The largest absolute Gasteiger partial charge is 0.433 e. The summed E-state index contributed by atoms with van der Waals surface area (Å²) in [6.07, 6.45) is 0. The van der Waals surface area contributed by atoms with Crippen molar-refractivity contribution in [2.75, 3.05) is 4.72 Å². The van der Waals surface area contributed by atoms with Gasteiger partial charge in [0.05, 0.1) is 5.69 Å². The summed E-state index contributed by atoms with van der Waals surface area (Å²) in [5.41, 5.74) is 0.777. The van der Waals surface area contributed by atoms with Gasteiger partial charge in [-0.15, -0.1) is 5.10 Å². The summed E-state index contributed by atoms with van der Waals surface area (Å²) in [7, 11) is -4.33. The van der Waals surface area contributed by atoms with Crippen LogP contribution in [0.3, 0.4) is 0 Å². The van der Waals surface area contributed by atoms with Gasteiger partial charge in [0.25, 0.3) is 21.1 Å². The van der Waals surface area contributed by atoms with E-state index in [0.29, 0.717) is 11.3 Å². The maximum absolute atomic E-state index is 12.8. The fraction of sp³-hybridized carbons (Fsp3) is 0.250. The third-order valence-electron chi connectivity index (χ3n) is 3.68. The number of hydrogen-bond donors (Lipinski definition) is 1. The van der Waals surface area contributed by atoms with E-state index >= 15 is 0 Å². The highest BCUT2D eigenvalue weighted by Crippen LogP contribution is 2.31. The summed E-state index contributed by atoms with van der Waals surface area (Å²) >= 11 is 5.91. The van der Waals surface area contributed by atoms with Gasteiger partial charge < -0.3 is 4.74 Å². The molecule has 0 aliphatic rings. The van der Waals surface area contributed by atoms with Gasteiger partial charge >= 0.3 is 6.61 Å². The average Bonchev–Trinajstić information content (AvgIpc) is 2.99. The Morgan fingerprint density at radius 3 is 2.55 bits per heavy atom. The average molecular weight is 445 g/mol. The van der Waals surface area contributed by atoms with Gasteiger partial charge in [-0.3, -0.25) is 4.72 Å². The van der Waals surface area contributed by atoms with Gasteiger partial charge in [-0.1, -0.05) is 23.7 Å². The number of aromatic nitrogens is 5. The fourth-order valence-corrected chi connectivity index (χ4v) is 3.72. The first-order valence-electron chi connectivity index (χ1n) is 8.09. The molecule has 0 amide bonds. The first-order chi connectivity index (χ1) is 13.6. The van der Waals surface area contributed by atoms with Crippen molar-refractivity contribution in [3.63, 3.8) is 0 Å². The molecule has 154 valence electrons. The maximum Gasteiger partial charge on any atom is 0.387 e. The molecular formula is C16H15ClF2N6O3S. The Morgan fingerprint density at radius 1 is 1.17 bits per heavy atom. The zero-order valence-electron chi connectivity index (χ0n) is 15.4. The Bertz CT molecular complexity index is 1150. The molecular weight excluding hydrogens is 430 g/mol. The van der Waals surface area contributed by atoms with Crippen LogP contribution in [0.1, 0.15) is 17.1 Å². The molecule has 2 aromatic heterocycles. The molecule has 0 fully saturated rings. The van der Waals surface area contributed by atoms with Gasteiger partial charge in [-0.25, -0.2) is 9.97 Å². The SMILES string of the molecule is Cc1cc(Cl)nc(-n2nc(S(=O)(=O)Nc3c(C)cccc3OC(F)F)nc2C)n1. The van der Waals surface area contributed by atoms with Crippen LogP contribution in [0.4, 0.5) is 14.5 Å². The van der Waals surface area contributed by atoms with Crippen molar-refractivity contribution in [1.82, 2.24) is 24.7 Å². The topological polar surface area (TPSA) is 112 Å². The van der Waals surface area contributed by atoms with E-state index in [1.54, 1.807) is 6.92 Å². The Balaban J connectivity index is 2.00. The number of anilines is 1. The van der Waals surface area contributed by atoms with E-state index in [4.69, 9.17) is 11.6 Å². The van der Waals surface area contributed by atoms with Crippen LogP contribution in [0.5, 0.6) is 5.75 Å². The van der Waals surface area contributed by atoms with E-state index in [9.17, 15) is 17.2 Å². The van der Waals surface area contributed by atoms with Crippen LogP contribution in [-0.4, -0.2) is 39.8 Å². The van der Waals surface area contributed by atoms with E-state index in [-0.39, 0.29) is 28.4 Å². The minimum atomic E-state index is -4.33. The van der Waals surface area contributed by atoms with Crippen LogP contribution in [0.15, 0.2) is 29.4 Å². The van der Waals surface area contributed by atoms with E-state index in [2.05, 4.69) is 29.5 Å². The lowest BCUT2D eigenvalue weighted by molar-refractivity contribution is -0.0493. The first kappa shape index (κ1) is 20.9. The summed E-state index contributed by atoms with van der Waals surface area (Å²) in [4.78, 5) is 12.1. The molecule has 0 radical (unpaired) electrons. The summed E-state index contributed by atoms with van der Waals surface area (Å²) in [6.45, 7) is 1.61. The Morgan fingerprint density at radius 2 is 1.90 bits per heavy atom. The molecule has 29 heavy (non-hydrogen) atoms. The molecule has 0 saturated carbocycles. The lowest BCUT2D eigenvalue weighted by Gasteiger charge is -2.14. The number of nitrogens with one attached hydrogen (secondary N) is 1. The van der Waals surface area contributed by atoms with Crippen LogP contribution < -0.4 is 9.46 Å². The zero-order valence-corrected chi connectivity index (χ0v) is 17.0. The number of aryl methyl sites for hydroxylation is 3. The molecule has 0 bridgehead atoms. The lowest BCUT2D eigenvalue weighted by atomic mass is 10.2. The number of benzene rings is 1. The molecule has 1 aromatic carbocycles. The van der Waals surface area contributed by atoms with Crippen molar-refractivity contribution in [3.05, 3.63) is 46.5 Å². The van der Waals surface area contributed by atoms with Gasteiger partial charge in [0.1, 0.15) is 16.7 Å². The highest BCUT2D eigenvalue weighted by Gasteiger charge is 2.25. The van der Waals surface area contributed by atoms with Crippen LogP contribution in [0.2, 0.25) is 5.15 Å². The maximum atomic E-state index is 12.8. The minimum absolute atomic E-state index is 0.0408. The number of nitrogens with zero attached hydrogens (tertiary/aromatic N) is 5. The van der Waals surface area contributed by atoms with Crippen LogP contribution in [-0.2, 0) is 10.0 Å². The van der Waals surface area contributed by atoms with Gasteiger partial charge in [-0.2, -0.15) is 26.9 Å². The number of halogens is 3. The lowest BCUT2D eigenvalue weighted by Crippen LogP contribution is -2.17. The molecule has 0 aliphatic heterocycles. The highest BCUT2D eigenvalue weighted by atomic mass is 35.5. The van der Waals surface area contributed by atoms with Crippen molar-refractivity contribution in [2.45, 2.75) is 32.5 Å². The standard InChI is InChI=1S/C16H15ClF2N6O3S/c1-8-5-4-6-11(28-14(18)19)13(8)24-29(26,27)16-21-10(3)25(23-16)15-20-9(2)7-12(17)22-15/h4-7,14,24H,1-3H3. The molecule has 3 rings (SSSR count). The van der Waals surface area contributed by atoms with Crippen molar-refractivity contribution in [1.29, 1.82) is 0 Å². The molecule has 3 aromatic rings. The Kier molecular flexibility index (Phi) is 5.66. The number of ether oxygens (including phenoxy) is 1. The van der Waals surface area contributed by atoms with Gasteiger partial charge in [0, 0.05) is 5.69 Å². The normalized spacial score (nSPS) is 11.7. The van der Waals surface area contributed by atoms with Gasteiger partial charge in [-0.05, 0) is 38.5 Å². The number of sulfonamides is 1. The second-order valence-electron chi connectivity index (χ2n) is 5.92. The number of rotatable bonds is 6. The van der Waals surface area contributed by atoms with E-state index < -0.39 is 21.8 Å². The zero-order chi connectivity index (χ0) is 21.3. The third-order valence-corrected chi connectivity index (χ3v) is 5.00. The number of alkyl halides is 2. The first-order valence-corrected chi connectivity index (χ1v) is 9.95. The van der Waals surface area contributed by atoms with E-state index in [0.717, 1.165) is 4.68 Å². The summed E-state index contributed by atoms with van der Waals surface area (Å²) < 4.78 is 58.5. The predicted molar refractivity (Wildman–Crippen MR) is 100 cm³/mol. The summed E-state index contributed by atoms with van der Waals surface area (Å²) in [5, 5.41) is 3.49. The summed E-state index contributed by atoms with van der Waals surface area (Å²) in [6, 6.07) is 5.74. The molecule has 0 saturated heterocycles. The molecule has 9 nitrogen and oxygen atoms in total. The molecule has 2 heterocycles. The minimum Gasteiger partial charge on any atom is -0.433 e. The molecule has 1 N–H and O–H groups in total. The van der Waals surface area contributed by atoms with Crippen molar-refractivity contribution >= 4 is 27.3 Å². The Labute approximate surface area is 169 Å². The van der Waals surface area contributed by atoms with Crippen LogP contribution in [0, 0.1) is 20.8 Å².